The molecule has 0 radical (unpaired) electrons. The van der Waals surface area contributed by atoms with Crippen LogP contribution in [0, 0.1) is 0 Å². The van der Waals surface area contributed by atoms with Crippen LogP contribution in [0.3, 0.4) is 0 Å². The first-order chi connectivity index (χ1) is 10.7. The van der Waals surface area contributed by atoms with Crippen molar-refractivity contribution in [1.29, 1.82) is 0 Å². The number of rotatable bonds is 6. The Labute approximate surface area is 129 Å². The summed E-state index contributed by atoms with van der Waals surface area (Å²) in [6.45, 7) is 0. The molecule has 0 unspecified atom stereocenters. The second-order valence-electron chi connectivity index (χ2n) is 4.46. The fourth-order valence-corrected chi connectivity index (χ4v) is 2.32. The van der Waals surface area contributed by atoms with Gasteiger partial charge in [-0.2, -0.15) is 0 Å². The Bertz CT molecular complexity index is 679. The third-order valence-electron chi connectivity index (χ3n) is 3.37. The predicted octanol–water partition coefficient (Wildman–Crippen LogP) is 3.20. The van der Waals surface area contributed by atoms with E-state index in [1.54, 1.807) is 13.2 Å². The van der Waals surface area contributed by atoms with Crippen LogP contribution >= 0.6 is 0 Å². The van der Waals surface area contributed by atoms with Gasteiger partial charge in [0.15, 0.2) is 17.8 Å². The molecular formula is C17H18O5. The van der Waals surface area contributed by atoms with E-state index in [4.69, 9.17) is 18.9 Å². The second-order valence-corrected chi connectivity index (χ2v) is 4.46. The molecule has 0 saturated carbocycles. The maximum Gasteiger partial charge on any atom is 0.204 e. The largest absolute Gasteiger partial charge is 0.497 e. The van der Waals surface area contributed by atoms with Gasteiger partial charge in [-0.3, -0.25) is 4.79 Å². The van der Waals surface area contributed by atoms with Gasteiger partial charge in [-0.1, -0.05) is 12.1 Å². The number of hydrogen-bond acceptors (Lipinski definition) is 5. The zero-order valence-electron chi connectivity index (χ0n) is 13.0. The van der Waals surface area contributed by atoms with Crippen LogP contribution in [0.4, 0.5) is 0 Å². The van der Waals surface area contributed by atoms with E-state index in [1.165, 1.54) is 21.3 Å². The van der Waals surface area contributed by atoms with E-state index in [1.807, 2.05) is 24.3 Å². The summed E-state index contributed by atoms with van der Waals surface area (Å²) in [6, 6.07) is 9.16. The lowest BCUT2D eigenvalue weighted by Gasteiger charge is -2.17. The number of methoxy groups -OCH3 is 4. The molecule has 0 aliphatic heterocycles. The summed E-state index contributed by atoms with van der Waals surface area (Å²) in [5.74, 6) is 1.92. The first-order valence-corrected chi connectivity index (χ1v) is 6.62. The summed E-state index contributed by atoms with van der Waals surface area (Å²) >= 11 is 0. The molecular weight excluding hydrogens is 284 g/mol. The van der Waals surface area contributed by atoms with Gasteiger partial charge in [0.1, 0.15) is 5.75 Å². The fraction of sp³-hybridized carbons (Fsp3) is 0.235. The lowest BCUT2D eigenvalue weighted by molar-refractivity contribution is 0.112. The summed E-state index contributed by atoms with van der Waals surface area (Å²) in [5, 5.41) is 0. The van der Waals surface area contributed by atoms with Gasteiger partial charge in [0, 0.05) is 0 Å². The molecule has 0 aromatic heterocycles. The van der Waals surface area contributed by atoms with Crippen molar-refractivity contribution >= 4 is 6.29 Å². The highest BCUT2D eigenvalue weighted by atomic mass is 16.5. The molecule has 0 bridgehead atoms. The van der Waals surface area contributed by atoms with E-state index in [9.17, 15) is 4.79 Å². The molecule has 0 atom stereocenters. The number of carbonyl (C=O) groups is 1. The molecule has 0 spiro atoms. The molecule has 2 aromatic rings. The molecule has 0 aliphatic rings. The minimum atomic E-state index is 0.342. The Balaban J connectivity index is 2.76. The normalized spacial score (nSPS) is 10.0. The van der Waals surface area contributed by atoms with E-state index in [0.29, 0.717) is 34.1 Å². The predicted molar refractivity (Wildman–Crippen MR) is 83.5 cm³/mol. The maximum absolute atomic E-state index is 11.6. The van der Waals surface area contributed by atoms with E-state index in [0.717, 1.165) is 11.8 Å². The zero-order chi connectivity index (χ0) is 16.1. The van der Waals surface area contributed by atoms with Crippen LogP contribution in [0.2, 0.25) is 0 Å². The van der Waals surface area contributed by atoms with Crippen molar-refractivity contribution in [3.05, 3.63) is 35.9 Å². The maximum atomic E-state index is 11.6. The molecule has 0 heterocycles. The van der Waals surface area contributed by atoms with Gasteiger partial charge in [-0.15, -0.1) is 0 Å². The van der Waals surface area contributed by atoms with Gasteiger partial charge in [0.25, 0.3) is 0 Å². The Morgan fingerprint density at radius 3 is 2.14 bits per heavy atom. The van der Waals surface area contributed by atoms with Crippen molar-refractivity contribution in [2.24, 2.45) is 0 Å². The van der Waals surface area contributed by atoms with Gasteiger partial charge in [-0.05, 0) is 29.3 Å². The van der Waals surface area contributed by atoms with Crippen LogP contribution in [0.25, 0.3) is 11.1 Å². The lowest BCUT2D eigenvalue weighted by atomic mass is 9.98. The third-order valence-corrected chi connectivity index (χ3v) is 3.37. The molecule has 5 heteroatoms. The number of hydrogen-bond donors (Lipinski definition) is 0. The fourth-order valence-electron chi connectivity index (χ4n) is 2.32. The van der Waals surface area contributed by atoms with Gasteiger partial charge < -0.3 is 18.9 Å². The monoisotopic (exact) mass is 302 g/mol. The Morgan fingerprint density at radius 1 is 0.864 bits per heavy atom. The summed E-state index contributed by atoms with van der Waals surface area (Å²) in [5.41, 5.74) is 1.90. The van der Waals surface area contributed by atoms with E-state index in [2.05, 4.69) is 0 Å². The van der Waals surface area contributed by atoms with E-state index >= 15 is 0 Å². The highest BCUT2D eigenvalue weighted by molar-refractivity contribution is 5.94. The molecule has 0 amide bonds. The molecule has 0 aliphatic carbocycles. The quantitative estimate of drug-likeness (QED) is 0.767. The van der Waals surface area contributed by atoms with Crippen molar-refractivity contribution in [3.8, 4) is 34.1 Å². The molecule has 116 valence electrons. The van der Waals surface area contributed by atoms with Crippen molar-refractivity contribution < 1.29 is 23.7 Å². The average Bonchev–Trinajstić information content (AvgIpc) is 2.59. The molecule has 0 N–H and O–H groups in total. The summed E-state index contributed by atoms with van der Waals surface area (Å²) < 4.78 is 21.2. The molecule has 0 saturated heterocycles. The van der Waals surface area contributed by atoms with Crippen molar-refractivity contribution in [2.45, 2.75) is 0 Å². The molecule has 5 nitrogen and oxygen atoms in total. The third kappa shape index (κ3) is 2.70. The molecule has 2 rings (SSSR count). The first kappa shape index (κ1) is 15.7. The van der Waals surface area contributed by atoms with E-state index in [-0.39, 0.29) is 0 Å². The number of benzene rings is 2. The Hall–Kier alpha value is -2.69. The van der Waals surface area contributed by atoms with Gasteiger partial charge in [-0.25, -0.2) is 0 Å². The van der Waals surface area contributed by atoms with Crippen LogP contribution < -0.4 is 18.9 Å². The highest BCUT2D eigenvalue weighted by Crippen LogP contribution is 2.44. The highest BCUT2D eigenvalue weighted by Gasteiger charge is 2.21. The van der Waals surface area contributed by atoms with Crippen molar-refractivity contribution in [3.63, 3.8) is 0 Å². The standard InChI is InChI=1S/C17H18O5/c1-19-12-7-5-6-11(8-12)13-9-15(20-2)17(22-4)16(21-3)14(13)10-18/h5-10H,1-4H3. The van der Waals surface area contributed by atoms with Crippen LogP contribution in [-0.4, -0.2) is 34.7 Å². The number of carbonyl (C=O) groups excluding carboxylic acids is 1. The summed E-state index contributed by atoms with van der Waals surface area (Å²) in [6.07, 6.45) is 0.746. The summed E-state index contributed by atoms with van der Waals surface area (Å²) in [4.78, 5) is 11.6. The van der Waals surface area contributed by atoms with Gasteiger partial charge in [0.05, 0.1) is 34.0 Å². The van der Waals surface area contributed by atoms with Crippen LogP contribution in [-0.2, 0) is 0 Å². The van der Waals surface area contributed by atoms with Crippen molar-refractivity contribution in [1.82, 2.24) is 0 Å². The SMILES string of the molecule is COc1cccc(-c2cc(OC)c(OC)c(OC)c2C=O)c1. The number of aldehydes is 1. The van der Waals surface area contributed by atoms with Crippen molar-refractivity contribution in [2.75, 3.05) is 28.4 Å². The molecule has 22 heavy (non-hydrogen) atoms. The van der Waals surface area contributed by atoms with Gasteiger partial charge >= 0.3 is 0 Å². The molecule has 2 aromatic carbocycles. The minimum Gasteiger partial charge on any atom is -0.497 e. The molecule has 0 fully saturated rings. The lowest BCUT2D eigenvalue weighted by Crippen LogP contribution is -2.01. The van der Waals surface area contributed by atoms with E-state index < -0.39 is 0 Å². The Morgan fingerprint density at radius 2 is 1.59 bits per heavy atom. The van der Waals surface area contributed by atoms with Crippen LogP contribution in [0.1, 0.15) is 10.4 Å². The second kappa shape index (κ2) is 6.85. The topological polar surface area (TPSA) is 54.0 Å². The Kier molecular flexibility index (Phi) is 4.88. The average molecular weight is 302 g/mol. The number of ether oxygens (including phenoxy) is 4. The van der Waals surface area contributed by atoms with Crippen LogP contribution in [0.5, 0.6) is 23.0 Å². The first-order valence-electron chi connectivity index (χ1n) is 6.62. The smallest absolute Gasteiger partial charge is 0.204 e. The minimum absolute atomic E-state index is 0.342. The van der Waals surface area contributed by atoms with Gasteiger partial charge in [0.2, 0.25) is 5.75 Å². The summed E-state index contributed by atoms with van der Waals surface area (Å²) in [7, 11) is 6.11. The van der Waals surface area contributed by atoms with Crippen LogP contribution in [0.15, 0.2) is 30.3 Å². The zero-order valence-corrected chi connectivity index (χ0v) is 13.0.